The number of aromatic nitrogens is 1. The van der Waals surface area contributed by atoms with Crippen LogP contribution in [0.15, 0.2) is 158 Å². The number of pyridine rings is 1. The average molecular weight is 666 g/mol. The van der Waals surface area contributed by atoms with Crippen LogP contribution < -0.4 is 25.9 Å². The smallest absolute Gasteiger partial charge is 0.260 e. The van der Waals surface area contributed by atoms with Crippen LogP contribution in [0.5, 0.6) is 23.0 Å². The third-order valence-electron chi connectivity index (χ3n) is 8.90. The fourth-order valence-electron chi connectivity index (χ4n) is 6.68. The molecule has 0 unspecified atom stereocenters. The molecule has 4 heteroatoms. The normalized spacial score (nSPS) is 11.2. The van der Waals surface area contributed by atoms with Gasteiger partial charge in [0.2, 0.25) is 0 Å². The molecule has 51 heavy (non-hydrogen) atoms. The molecule has 2 aliphatic heterocycles. The summed E-state index contributed by atoms with van der Waals surface area (Å²) in [6.45, 7) is 12.0. The summed E-state index contributed by atoms with van der Waals surface area (Å²) in [7, 11) is 0. The van der Waals surface area contributed by atoms with E-state index in [1.54, 1.807) is 0 Å². The van der Waals surface area contributed by atoms with Crippen molar-refractivity contribution in [2.24, 2.45) is 0 Å². The summed E-state index contributed by atoms with van der Waals surface area (Å²) in [5.74, 6) is 3.43. The van der Waals surface area contributed by atoms with Crippen LogP contribution in [0, 0.1) is 0 Å². The molecule has 6 aromatic carbocycles. The van der Waals surface area contributed by atoms with Crippen molar-refractivity contribution in [3.8, 4) is 67.6 Å². The number of fused-ring (bicyclic) bond motifs is 4. The molecule has 0 radical (unpaired) electrons. The molecule has 1 aromatic heterocycles. The second kappa shape index (κ2) is 16.2. The Bertz CT molecular complexity index is 2190. The maximum atomic E-state index is 6.90. The molecule has 0 saturated heterocycles. The summed E-state index contributed by atoms with van der Waals surface area (Å²) in [5.41, 5.74) is 12.1. The Hall–Kier alpha value is -5.87. The van der Waals surface area contributed by atoms with Gasteiger partial charge in [0.15, 0.2) is 0 Å². The molecule has 3 nitrogen and oxygen atoms in total. The largest absolute Gasteiger partial charge is 0.458 e. The molecule has 0 N–H and O–H groups in total. The monoisotopic (exact) mass is 665 g/mol. The zero-order chi connectivity index (χ0) is 35.7. The number of ether oxygens (including phenoxy) is 2. The lowest BCUT2D eigenvalue weighted by molar-refractivity contribution is 0.466. The molecular formula is C47H44BNO2. The third kappa shape index (κ3) is 6.83. The standard InChI is InChI=1S/C41H26BNO2.3C2H6/c1-3-9-27(10-4-1)31-18-21-34-38(25-31)44-37-23-20-33(29-14-16-30(17-15-29)36-13-7-8-24-43-36)41-40(37)42(34)35-22-19-32(26-39(35)45-41)28-11-5-2-6-12-28;3*1-2/h1-26H;3*1-2H3. The Balaban J connectivity index is 0.000000712. The second-order valence-electron chi connectivity index (χ2n) is 11.5. The first-order valence-electron chi connectivity index (χ1n) is 18.2. The predicted molar refractivity (Wildman–Crippen MR) is 218 cm³/mol. The summed E-state index contributed by atoms with van der Waals surface area (Å²) in [5, 5.41) is 0. The van der Waals surface area contributed by atoms with Gasteiger partial charge in [0.25, 0.3) is 6.71 Å². The highest BCUT2D eigenvalue weighted by atomic mass is 16.5. The lowest BCUT2D eigenvalue weighted by Crippen LogP contribution is -2.57. The Kier molecular flexibility index (Phi) is 11.1. The van der Waals surface area contributed by atoms with Gasteiger partial charge in [-0.1, -0.05) is 157 Å². The quantitative estimate of drug-likeness (QED) is 0.175. The first kappa shape index (κ1) is 35.0. The first-order valence-corrected chi connectivity index (χ1v) is 18.2. The van der Waals surface area contributed by atoms with Crippen molar-refractivity contribution in [2.45, 2.75) is 41.5 Å². The molecule has 0 atom stereocenters. The van der Waals surface area contributed by atoms with E-state index in [0.29, 0.717) is 0 Å². The summed E-state index contributed by atoms with van der Waals surface area (Å²) in [6, 6.07) is 52.9. The second-order valence-corrected chi connectivity index (χ2v) is 11.5. The van der Waals surface area contributed by atoms with Gasteiger partial charge in [-0.25, -0.2) is 0 Å². The topological polar surface area (TPSA) is 31.4 Å². The summed E-state index contributed by atoms with van der Waals surface area (Å²) < 4.78 is 13.6. The molecule has 252 valence electrons. The molecule has 0 saturated carbocycles. The van der Waals surface area contributed by atoms with Crippen LogP contribution >= 0.6 is 0 Å². The minimum absolute atomic E-state index is 0.0233. The van der Waals surface area contributed by atoms with Gasteiger partial charge in [-0.3, -0.25) is 4.98 Å². The maximum absolute atomic E-state index is 6.90. The number of nitrogens with zero attached hydrogens (tertiary/aromatic N) is 1. The van der Waals surface area contributed by atoms with Crippen LogP contribution in [-0.2, 0) is 0 Å². The highest BCUT2D eigenvalue weighted by Crippen LogP contribution is 2.42. The highest BCUT2D eigenvalue weighted by molar-refractivity contribution is 6.98. The molecule has 0 fully saturated rings. The van der Waals surface area contributed by atoms with Gasteiger partial charge in [0.1, 0.15) is 23.0 Å². The van der Waals surface area contributed by atoms with Gasteiger partial charge in [-0.15, -0.1) is 0 Å². The van der Waals surface area contributed by atoms with Gasteiger partial charge >= 0.3 is 0 Å². The van der Waals surface area contributed by atoms with Crippen LogP contribution in [0.1, 0.15) is 41.5 Å². The van der Waals surface area contributed by atoms with Crippen molar-refractivity contribution in [1.82, 2.24) is 4.98 Å². The molecule has 0 bridgehead atoms. The van der Waals surface area contributed by atoms with E-state index < -0.39 is 0 Å². The number of benzene rings is 6. The van der Waals surface area contributed by atoms with E-state index in [4.69, 9.17) is 9.47 Å². The molecule has 9 rings (SSSR count). The van der Waals surface area contributed by atoms with Gasteiger partial charge in [0, 0.05) is 22.8 Å². The maximum Gasteiger partial charge on any atom is 0.260 e. The Labute approximate surface area is 303 Å². The molecule has 3 heterocycles. The van der Waals surface area contributed by atoms with Crippen molar-refractivity contribution in [2.75, 3.05) is 0 Å². The molecule has 7 aromatic rings. The summed E-state index contributed by atoms with van der Waals surface area (Å²) in [6.07, 6.45) is 1.83. The third-order valence-corrected chi connectivity index (χ3v) is 8.90. The predicted octanol–water partition coefficient (Wildman–Crippen LogP) is 11.6. The van der Waals surface area contributed by atoms with Crippen molar-refractivity contribution in [3.05, 3.63) is 158 Å². The lowest BCUT2D eigenvalue weighted by Gasteiger charge is -2.34. The number of rotatable bonds is 4. The van der Waals surface area contributed by atoms with E-state index in [1.807, 2.05) is 78.1 Å². The SMILES string of the molecule is CC.CC.CC.c1ccc(-c2ccc3c(c2)Oc2ccc(-c4ccc(-c5ccccn5)cc4)c4c2B3c2ccc(-c3ccccc3)cc2O4)cc1. The summed E-state index contributed by atoms with van der Waals surface area (Å²) >= 11 is 0. The van der Waals surface area contributed by atoms with Gasteiger partial charge in [0.05, 0.1) is 5.69 Å². The number of hydrogen-bond donors (Lipinski definition) is 0. The van der Waals surface area contributed by atoms with Gasteiger partial charge in [-0.2, -0.15) is 0 Å². The average Bonchev–Trinajstić information content (AvgIpc) is 3.23. The Morgan fingerprint density at radius 3 is 1.47 bits per heavy atom. The molecule has 2 aliphatic rings. The van der Waals surface area contributed by atoms with E-state index in [9.17, 15) is 0 Å². The van der Waals surface area contributed by atoms with Crippen molar-refractivity contribution in [1.29, 1.82) is 0 Å². The first-order chi connectivity index (χ1) is 25.3. The van der Waals surface area contributed by atoms with Crippen LogP contribution in [0.25, 0.3) is 44.6 Å². The zero-order valence-corrected chi connectivity index (χ0v) is 30.4. The zero-order valence-electron chi connectivity index (χ0n) is 30.4. The van der Waals surface area contributed by atoms with E-state index >= 15 is 0 Å². The highest BCUT2D eigenvalue weighted by Gasteiger charge is 2.41. The molecular weight excluding hydrogens is 621 g/mol. The minimum atomic E-state index is -0.0233. The van der Waals surface area contributed by atoms with E-state index in [0.717, 1.165) is 78.5 Å². The van der Waals surface area contributed by atoms with Crippen molar-refractivity contribution < 1.29 is 9.47 Å². The van der Waals surface area contributed by atoms with Crippen LogP contribution in [0.3, 0.4) is 0 Å². The molecule has 0 aliphatic carbocycles. The van der Waals surface area contributed by atoms with Crippen LogP contribution in [-0.4, -0.2) is 11.7 Å². The van der Waals surface area contributed by atoms with Crippen LogP contribution in [0.4, 0.5) is 0 Å². The van der Waals surface area contributed by atoms with E-state index in [-0.39, 0.29) is 6.71 Å². The molecule has 0 amide bonds. The van der Waals surface area contributed by atoms with Crippen molar-refractivity contribution >= 4 is 23.1 Å². The van der Waals surface area contributed by atoms with Gasteiger partial charge < -0.3 is 9.47 Å². The van der Waals surface area contributed by atoms with Gasteiger partial charge in [-0.05, 0) is 75.1 Å². The van der Waals surface area contributed by atoms with Crippen LogP contribution in [0.2, 0.25) is 0 Å². The summed E-state index contributed by atoms with van der Waals surface area (Å²) in [4.78, 5) is 4.53. The Morgan fingerprint density at radius 1 is 0.412 bits per heavy atom. The van der Waals surface area contributed by atoms with E-state index in [1.165, 1.54) is 5.56 Å². The number of hydrogen-bond acceptors (Lipinski definition) is 3. The minimum Gasteiger partial charge on any atom is -0.458 e. The molecule has 0 spiro atoms. The van der Waals surface area contributed by atoms with Crippen molar-refractivity contribution in [3.63, 3.8) is 0 Å². The lowest BCUT2D eigenvalue weighted by atomic mass is 9.34. The van der Waals surface area contributed by atoms with E-state index in [2.05, 4.69) is 126 Å². The Morgan fingerprint density at radius 2 is 0.922 bits per heavy atom. The fourth-order valence-corrected chi connectivity index (χ4v) is 6.68. The fraction of sp³-hybridized carbons (Fsp3) is 0.128.